The fourth-order valence-corrected chi connectivity index (χ4v) is 4.98. The third-order valence-electron chi connectivity index (χ3n) is 6.54. The van der Waals surface area contributed by atoms with Crippen molar-refractivity contribution in [3.05, 3.63) is 42.1 Å². The maximum atomic E-state index is 13.4. The van der Waals surface area contributed by atoms with E-state index in [9.17, 15) is 4.79 Å². The molecule has 3 aliphatic rings. The van der Waals surface area contributed by atoms with E-state index in [4.69, 9.17) is 4.74 Å². The Morgan fingerprint density at radius 1 is 1.18 bits per heavy atom. The highest BCUT2D eigenvalue weighted by Crippen LogP contribution is 2.36. The Labute approximate surface area is 166 Å². The van der Waals surface area contributed by atoms with Gasteiger partial charge in [0.1, 0.15) is 0 Å². The number of hydrogen-bond acceptors (Lipinski definition) is 4. The lowest BCUT2D eigenvalue weighted by Gasteiger charge is -2.43. The van der Waals surface area contributed by atoms with Crippen LogP contribution >= 0.6 is 0 Å². The molecule has 0 bridgehead atoms. The van der Waals surface area contributed by atoms with Gasteiger partial charge in [0.25, 0.3) is 5.91 Å². The molecular weight excluding hydrogens is 350 g/mol. The lowest BCUT2D eigenvalue weighted by Crippen LogP contribution is -2.52. The van der Waals surface area contributed by atoms with Crippen molar-refractivity contribution in [2.75, 3.05) is 45.9 Å². The fourth-order valence-electron chi connectivity index (χ4n) is 4.98. The van der Waals surface area contributed by atoms with Gasteiger partial charge in [0.2, 0.25) is 0 Å². The minimum absolute atomic E-state index is 0.0668. The van der Waals surface area contributed by atoms with Gasteiger partial charge in [-0.05, 0) is 43.7 Å². The lowest BCUT2D eigenvalue weighted by atomic mass is 9.79. The molecule has 2 saturated heterocycles. The Morgan fingerprint density at radius 3 is 2.96 bits per heavy atom. The molecule has 3 fully saturated rings. The molecule has 28 heavy (non-hydrogen) atoms. The van der Waals surface area contributed by atoms with Crippen molar-refractivity contribution in [2.45, 2.75) is 25.7 Å². The SMILES string of the molecule is O=C(c1cccc2cccnc12)N1CCC[C@]2(COCCN(CC3CC3)C2)C1. The number of rotatable bonds is 3. The topological polar surface area (TPSA) is 45.7 Å². The van der Waals surface area contributed by atoms with Crippen molar-refractivity contribution in [3.8, 4) is 0 Å². The van der Waals surface area contributed by atoms with Crippen LogP contribution in [0.3, 0.4) is 0 Å². The zero-order valence-corrected chi connectivity index (χ0v) is 16.5. The first kappa shape index (κ1) is 18.1. The highest BCUT2D eigenvalue weighted by atomic mass is 16.5. The van der Waals surface area contributed by atoms with Gasteiger partial charge in [-0.25, -0.2) is 0 Å². The number of fused-ring (bicyclic) bond motifs is 1. The van der Waals surface area contributed by atoms with Crippen molar-refractivity contribution in [1.82, 2.24) is 14.8 Å². The Bertz CT molecular complexity index is 861. The number of nitrogens with zero attached hydrogens (tertiary/aromatic N) is 3. The second-order valence-electron chi connectivity index (χ2n) is 8.94. The van der Waals surface area contributed by atoms with E-state index in [1.165, 1.54) is 19.4 Å². The summed E-state index contributed by atoms with van der Waals surface area (Å²) < 4.78 is 6.03. The van der Waals surface area contributed by atoms with Gasteiger partial charge < -0.3 is 14.5 Å². The summed E-state index contributed by atoms with van der Waals surface area (Å²) in [6.07, 6.45) is 6.72. The van der Waals surface area contributed by atoms with Gasteiger partial charge >= 0.3 is 0 Å². The van der Waals surface area contributed by atoms with Crippen LogP contribution in [0.2, 0.25) is 0 Å². The summed E-state index contributed by atoms with van der Waals surface area (Å²) in [6, 6.07) is 9.84. The summed E-state index contributed by atoms with van der Waals surface area (Å²) in [6.45, 7) is 6.48. The number of hydrogen-bond donors (Lipinski definition) is 0. The molecule has 0 radical (unpaired) electrons. The molecule has 3 heterocycles. The summed E-state index contributed by atoms with van der Waals surface area (Å²) in [5, 5.41) is 1.02. The molecule has 5 nitrogen and oxygen atoms in total. The van der Waals surface area contributed by atoms with E-state index in [0.717, 1.165) is 74.6 Å². The van der Waals surface area contributed by atoms with E-state index in [0.29, 0.717) is 0 Å². The number of para-hydroxylation sites is 1. The normalized spacial score (nSPS) is 26.5. The number of benzene rings is 1. The number of piperidine rings is 1. The Hall–Kier alpha value is -1.98. The Balaban J connectivity index is 1.37. The quantitative estimate of drug-likeness (QED) is 0.822. The maximum Gasteiger partial charge on any atom is 0.256 e. The first-order valence-corrected chi connectivity index (χ1v) is 10.7. The number of ether oxygens (including phenoxy) is 1. The molecule has 148 valence electrons. The summed E-state index contributed by atoms with van der Waals surface area (Å²) in [7, 11) is 0. The van der Waals surface area contributed by atoms with Crippen LogP contribution in [0.5, 0.6) is 0 Å². The van der Waals surface area contributed by atoms with Crippen molar-refractivity contribution in [1.29, 1.82) is 0 Å². The molecule has 5 heteroatoms. The lowest BCUT2D eigenvalue weighted by molar-refractivity contribution is 0.00725. The molecule has 2 aliphatic heterocycles. The molecule has 0 N–H and O–H groups in total. The van der Waals surface area contributed by atoms with Crippen LogP contribution < -0.4 is 0 Å². The van der Waals surface area contributed by atoms with Crippen molar-refractivity contribution < 1.29 is 9.53 Å². The molecule has 1 aliphatic carbocycles. The number of likely N-dealkylation sites (tertiary alicyclic amines) is 1. The molecule has 1 saturated carbocycles. The van der Waals surface area contributed by atoms with Gasteiger partial charge in [-0.15, -0.1) is 0 Å². The molecule has 1 aromatic carbocycles. The van der Waals surface area contributed by atoms with Crippen LogP contribution in [0.15, 0.2) is 36.5 Å². The van der Waals surface area contributed by atoms with E-state index in [1.807, 2.05) is 30.3 Å². The predicted octanol–water partition coefficient (Wildman–Crippen LogP) is 3.20. The molecule has 1 amide bonds. The van der Waals surface area contributed by atoms with Gasteiger partial charge in [-0.3, -0.25) is 9.78 Å². The fraction of sp³-hybridized carbons (Fsp3) is 0.565. The van der Waals surface area contributed by atoms with E-state index in [-0.39, 0.29) is 11.3 Å². The molecule has 1 atom stereocenters. The third kappa shape index (κ3) is 3.65. The molecule has 1 spiro atoms. The number of aromatic nitrogens is 1. The van der Waals surface area contributed by atoms with Crippen LogP contribution in [-0.2, 0) is 4.74 Å². The van der Waals surface area contributed by atoms with Gasteiger partial charge in [-0.2, -0.15) is 0 Å². The van der Waals surface area contributed by atoms with Gasteiger partial charge in [0.05, 0.1) is 24.3 Å². The van der Waals surface area contributed by atoms with Crippen LogP contribution in [0.25, 0.3) is 10.9 Å². The maximum absolute atomic E-state index is 13.4. The highest BCUT2D eigenvalue weighted by molar-refractivity contribution is 6.05. The minimum Gasteiger partial charge on any atom is -0.379 e. The van der Waals surface area contributed by atoms with Crippen LogP contribution in [0.4, 0.5) is 0 Å². The van der Waals surface area contributed by atoms with Crippen LogP contribution in [0.1, 0.15) is 36.0 Å². The summed E-state index contributed by atoms with van der Waals surface area (Å²) >= 11 is 0. The molecule has 5 rings (SSSR count). The predicted molar refractivity (Wildman–Crippen MR) is 109 cm³/mol. The molecule has 2 aromatic rings. The minimum atomic E-state index is 0.0668. The summed E-state index contributed by atoms with van der Waals surface area (Å²) in [5.41, 5.74) is 1.60. The standard InChI is InChI=1S/C23H29N3O2/c27-22(20-6-1-4-19-5-2-10-24-21(19)20)26-11-3-9-23(16-26)15-25(12-13-28-17-23)14-18-7-8-18/h1-2,4-6,10,18H,3,7-9,11-17H2/t23-/m1/s1. The van der Waals surface area contributed by atoms with Gasteiger partial charge in [0.15, 0.2) is 0 Å². The molecule has 1 aromatic heterocycles. The zero-order chi connectivity index (χ0) is 19.0. The van der Waals surface area contributed by atoms with E-state index in [2.05, 4.69) is 14.8 Å². The average molecular weight is 380 g/mol. The van der Waals surface area contributed by atoms with Crippen LogP contribution in [0, 0.1) is 11.3 Å². The number of carbonyl (C=O) groups is 1. The van der Waals surface area contributed by atoms with Crippen molar-refractivity contribution >= 4 is 16.8 Å². The van der Waals surface area contributed by atoms with Gasteiger partial charge in [0, 0.05) is 49.7 Å². The molecule has 0 unspecified atom stereocenters. The molecular formula is C23H29N3O2. The Morgan fingerprint density at radius 2 is 2.07 bits per heavy atom. The second kappa shape index (κ2) is 7.45. The van der Waals surface area contributed by atoms with E-state index < -0.39 is 0 Å². The Kier molecular flexibility index (Phi) is 4.81. The smallest absolute Gasteiger partial charge is 0.256 e. The monoisotopic (exact) mass is 379 g/mol. The number of amides is 1. The third-order valence-corrected chi connectivity index (χ3v) is 6.54. The van der Waals surface area contributed by atoms with E-state index >= 15 is 0 Å². The summed E-state index contributed by atoms with van der Waals surface area (Å²) in [5.74, 6) is 1.000. The largest absolute Gasteiger partial charge is 0.379 e. The zero-order valence-electron chi connectivity index (χ0n) is 16.5. The van der Waals surface area contributed by atoms with Crippen molar-refractivity contribution in [2.24, 2.45) is 11.3 Å². The average Bonchev–Trinajstić information content (AvgIpc) is 3.56. The first-order valence-electron chi connectivity index (χ1n) is 10.7. The number of pyridine rings is 1. The van der Waals surface area contributed by atoms with E-state index in [1.54, 1.807) is 6.20 Å². The van der Waals surface area contributed by atoms with Crippen molar-refractivity contribution in [3.63, 3.8) is 0 Å². The highest BCUT2D eigenvalue weighted by Gasteiger charge is 2.41. The summed E-state index contributed by atoms with van der Waals surface area (Å²) in [4.78, 5) is 22.6. The first-order chi connectivity index (χ1) is 13.7. The van der Waals surface area contributed by atoms with Crippen LogP contribution in [-0.4, -0.2) is 66.6 Å². The second-order valence-corrected chi connectivity index (χ2v) is 8.94. The van der Waals surface area contributed by atoms with Gasteiger partial charge in [-0.1, -0.05) is 18.2 Å². The number of carbonyl (C=O) groups excluding carboxylic acids is 1.